The van der Waals surface area contributed by atoms with E-state index in [4.69, 9.17) is 0 Å². The second-order valence-corrected chi connectivity index (χ2v) is 5.31. The van der Waals surface area contributed by atoms with Gasteiger partial charge in [0, 0.05) is 38.3 Å². The number of anilines is 2. The molecular weight excluding hydrogens is 298 g/mol. The van der Waals surface area contributed by atoms with Gasteiger partial charge in [0.15, 0.2) is 0 Å². The zero-order valence-electron chi connectivity index (χ0n) is 12.7. The fourth-order valence-corrected chi connectivity index (χ4v) is 2.28. The lowest BCUT2D eigenvalue weighted by molar-refractivity contribution is 0.102. The van der Waals surface area contributed by atoms with Gasteiger partial charge in [0.25, 0.3) is 11.5 Å². The van der Waals surface area contributed by atoms with Gasteiger partial charge in [-0.25, -0.2) is 15.1 Å². The molecule has 1 saturated heterocycles. The minimum Gasteiger partial charge on any atom is -0.354 e. The summed E-state index contributed by atoms with van der Waals surface area (Å²) in [5, 5.41) is 8.56. The molecule has 120 valence electrons. The third-order valence-corrected chi connectivity index (χ3v) is 3.63. The van der Waals surface area contributed by atoms with Crippen LogP contribution in [0.15, 0.2) is 29.3 Å². The molecule has 0 spiro atoms. The maximum atomic E-state index is 12.1. The average Bonchev–Trinajstić information content (AvgIpc) is 2.56. The Hall–Kier alpha value is -2.81. The molecule has 1 aliphatic heterocycles. The number of carbonyl (C=O) groups excluding carboxylic acids is 1. The Bertz CT molecular complexity index is 732. The van der Waals surface area contributed by atoms with Gasteiger partial charge >= 0.3 is 0 Å². The van der Waals surface area contributed by atoms with Crippen molar-refractivity contribution < 1.29 is 4.79 Å². The zero-order valence-corrected chi connectivity index (χ0v) is 12.7. The van der Waals surface area contributed by atoms with Crippen molar-refractivity contribution in [2.45, 2.75) is 0 Å². The van der Waals surface area contributed by atoms with Crippen LogP contribution in [0.3, 0.4) is 0 Å². The summed E-state index contributed by atoms with van der Waals surface area (Å²) in [6.07, 6.45) is 1.42. The number of piperazine rings is 1. The minimum atomic E-state index is -0.440. The highest BCUT2D eigenvalue weighted by atomic mass is 16.2. The van der Waals surface area contributed by atoms with Crippen LogP contribution < -0.4 is 15.8 Å². The molecule has 1 amide bonds. The van der Waals surface area contributed by atoms with Crippen LogP contribution in [-0.4, -0.2) is 64.2 Å². The number of amides is 1. The van der Waals surface area contributed by atoms with Crippen LogP contribution in [-0.2, 0) is 0 Å². The number of likely N-dealkylation sites (N-methyl/N-ethyl adjacent to an activating group) is 1. The third-order valence-electron chi connectivity index (χ3n) is 3.63. The SMILES string of the molecule is CN1CCN(c2cc(NC(=O)c3ccc(=O)[nH]n3)ncn2)CC1. The van der Waals surface area contributed by atoms with E-state index in [1.54, 1.807) is 6.07 Å². The van der Waals surface area contributed by atoms with Crippen molar-refractivity contribution in [1.82, 2.24) is 25.1 Å². The first kappa shape index (κ1) is 15.1. The summed E-state index contributed by atoms with van der Waals surface area (Å²) in [6, 6.07) is 4.34. The Morgan fingerprint density at radius 3 is 2.70 bits per heavy atom. The lowest BCUT2D eigenvalue weighted by Crippen LogP contribution is -2.44. The number of rotatable bonds is 3. The normalized spacial score (nSPS) is 15.4. The van der Waals surface area contributed by atoms with E-state index in [-0.39, 0.29) is 11.3 Å². The summed E-state index contributed by atoms with van der Waals surface area (Å²) in [5.74, 6) is 0.731. The number of aromatic nitrogens is 4. The first-order chi connectivity index (χ1) is 11.1. The number of nitrogens with one attached hydrogen (secondary N) is 2. The summed E-state index contributed by atoms with van der Waals surface area (Å²) >= 11 is 0. The molecule has 0 bridgehead atoms. The molecule has 0 saturated carbocycles. The molecule has 9 heteroatoms. The second kappa shape index (κ2) is 6.53. The smallest absolute Gasteiger partial charge is 0.277 e. The van der Waals surface area contributed by atoms with Gasteiger partial charge in [-0.15, -0.1) is 0 Å². The molecule has 1 aliphatic rings. The van der Waals surface area contributed by atoms with Gasteiger partial charge in [-0.05, 0) is 13.1 Å². The Morgan fingerprint density at radius 2 is 2.00 bits per heavy atom. The monoisotopic (exact) mass is 315 g/mol. The molecule has 9 nitrogen and oxygen atoms in total. The van der Waals surface area contributed by atoms with Crippen molar-refractivity contribution in [3.8, 4) is 0 Å². The van der Waals surface area contributed by atoms with E-state index in [0.29, 0.717) is 5.82 Å². The number of aromatic amines is 1. The first-order valence-corrected chi connectivity index (χ1v) is 7.24. The standard InChI is InChI=1S/C14H17N7O2/c1-20-4-6-21(7-5-20)12-8-11(15-9-16-12)17-14(23)10-2-3-13(22)19-18-10/h2-3,8-9H,4-7H2,1H3,(H,19,22)(H,15,16,17,23). The van der Waals surface area contributed by atoms with Crippen LogP contribution in [0.2, 0.25) is 0 Å². The maximum absolute atomic E-state index is 12.1. The van der Waals surface area contributed by atoms with Crippen molar-refractivity contribution in [1.29, 1.82) is 0 Å². The molecule has 3 heterocycles. The molecule has 2 aromatic rings. The van der Waals surface area contributed by atoms with Crippen molar-refractivity contribution >= 4 is 17.5 Å². The van der Waals surface area contributed by atoms with E-state index in [1.165, 1.54) is 18.5 Å². The van der Waals surface area contributed by atoms with Crippen LogP contribution in [0.25, 0.3) is 0 Å². The topological polar surface area (TPSA) is 107 Å². The minimum absolute atomic E-state index is 0.115. The molecule has 1 fully saturated rings. The molecule has 0 radical (unpaired) electrons. The Kier molecular flexibility index (Phi) is 4.29. The van der Waals surface area contributed by atoms with Gasteiger partial charge in [-0.3, -0.25) is 9.59 Å². The highest BCUT2D eigenvalue weighted by molar-refractivity contribution is 6.02. The van der Waals surface area contributed by atoms with Gasteiger partial charge in [-0.1, -0.05) is 0 Å². The van der Waals surface area contributed by atoms with Crippen molar-refractivity contribution in [2.24, 2.45) is 0 Å². The highest BCUT2D eigenvalue weighted by Gasteiger charge is 2.16. The maximum Gasteiger partial charge on any atom is 0.277 e. The largest absolute Gasteiger partial charge is 0.354 e. The molecule has 3 rings (SSSR count). The summed E-state index contributed by atoms with van der Waals surface area (Å²) in [4.78, 5) is 35.8. The number of H-pyrrole nitrogens is 1. The predicted octanol–water partition coefficient (Wildman–Crippen LogP) is -0.436. The second-order valence-electron chi connectivity index (χ2n) is 5.31. The molecule has 0 aliphatic carbocycles. The zero-order chi connectivity index (χ0) is 16.2. The fraction of sp³-hybridized carbons (Fsp3) is 0.357. The lowest BCUT2D eigenvalue weighted by Gasteiger charge is -2.33. The van der Waals surface area contributed by atoms with E-state index in [0.717, 1.165) is 32.0 Å². The summed E-state index contributed by atoms with van der Waals surface area (Å²) < 4.78 is 0. The Labute approximate surface area is 132 Å². The van der Waals surface area contributed by atoms with Gasteiger partial charge in [0.2, 0.25) is 0 Å². The average molecular weight is 315 g/mol. The van der Waals surface area contributed by atoms with E-state index in [9.17, 15) is 9.59 Å². The van der Waals surface area contributed by atoms with Crippen molar-refractivity contribution in [3.05, 3.63) is 40.6 Å². The van der Waals surface area contributed by atoms with E-state index in [1.807, 2.05) is 0 Å². The van der Waals surface area contributed by atoms with Crippen LogP contribution in [0.4, 0.5) is 11.6 Å². The summed E-state index contributed by atoms with van der Waals surface area (Å²) in [6.45, 7) is 3.69. The predicted molar refractivity (Wildman–Crippen MR) is 84.6 cm³/mol. The van der Waals surface area contributed by atoms with Crippen molar-refractivity contribution in [3.63, 3.8) is 0 Å². The van der Waals surface area contributed by atoms with Gasteiger partial charge in [0.1, 0.15) is 23.7 Å². The van der Waals surface area contributed by atoms with E-state index < -0.39 is 5.91 Å². The van der Waals surface area contributed by atoms with Crippen LogP contribution in [0.5, 0.6) is 0 Å². The van der Waals surface area contributed by atoms with Crippen LogP contribution in [0.1, 0.15) is 10.5 Å². The van der Waals surface area contributed by atoms with E-state index >= 15 is 0 Å². The highest BCUT2D eigenvalue weighted by Crippen LogP contribution is 2.16. The lowest BCUT2D eigenvalue weighted by atomic mass is 10.3. The fourth-order valence-electron chi connectivity index (χ4n) is 2.28. The molecule has 2 aromatic heterocycles. The van der Waals surface area contributed by atoms with Crippen molar-refractivity contribution in [2.75, 3.05) is 43.4 Å². The third kappa shape index (κ3) is 3.69. The summed E-state index contributed by atoms with van der Waals surface area (Å²) in [7, 11) is 2.08. The number of nitrogens with zero attached hydrogens (tertiary/aromatic N) is 5. The number of hydrogen-bond donors (Lipinski definition) is 2. The molecule has 23 heavy (non-hydrogen) atoms. The first-order valence-electron chi connectivity index (χ1n) is 7.24. The molecule has 0 aromatic carbocycles. The molecule has 0 unspecified atom stereocenters. The van der Waals surface area contributed by atoms with Gasteiger partial charge < -0.3 is 15.1 Å². The molecule has 2 N–H and O–H groups in total. The Balaban J connectivity index is 1.71. The van der Waals surface area contributed by atoms with Crippen LogP contribution >= 0.6 is 0 Å². The van der Waals surface area contributed by atoms with Gasteiger partial charge in [0.05, 0.1) is 0 Å². The summed E-state index contributed by atoms with van der Waals surface area (Å²) in [5.41, 5.74) is -0.245. The Morgan fingerprint density at radius 1 is 1.22 bits per heavy atom. The van der Waals surface area contributed by atoms with Gasteiger partial charge in [-0.2, -0.15) is 5.10 Å². The number of hydrogen-bond acceptors (Lipinski definition) is 7. The van der Waals surface area contributed by atoms with E-state index in [2.05, 4.69) is 42.3 Å². The molecular formula is C14H17N7O2. The quantitative estimate of drug-likeness (QED) is 0.791. The molecule has 0 atom stereocenters. The van der Waals surface area contributed by atoms with Crippen LogP contribution in [0, 0.1) is 0 Å². The number of carbonyl (C=O) groups is 1.